The van der Waals surface area contributed by atoms with E-state index in [4.69, 9.17) is 9.73 Å². The van der Waals surface area contributed by atoms with Crippen LogP contribution < -0.4 is 15.4 Å². The van der Waals surface area contributed by atoms with Crippen molar-refractivity contribution in [1.29, 1.82) is 0 Å². The van der Waals surface area contributed by atoms with E-state index in [1.54, 1.807) is 12.1 Å². The zero-order valence-corrected chi connectivity index (χ0v) is 18.8. The molecule has 31 heavy (non-hydrogen) atoms. The van der Waals surface area contributed by atoms with Crippen LogP contribution in [-0.2, 0) is 13.0 Å². The molecular formula is C24H34FN5O. The van der Waals surface area contributed by atoms with Crippen LogP contribution in [0.15, 0.2) is 41.5 Å². The summed E-state index contributed by atoms with van der Waals surface area (Å²) in [6.07, 6.45) is 4.87. The molecule has 0 spiro atoms. The Morgan fingerprint density at radius 2 is 2.00 bits per heavy atom. The van der Waals surface area contributed by atoms with Gasteiger partial charge in [0.25, 0.3) is 0 Å². The van der Waals surface area contributed by atoms with Gasteiger partial charge in [0.15, 0.2) is 17.5 Å². The maximum Gasteiger partial charge on any atom is 0.191 e. The van der Waals surface area contributed by atoms with Crippen molar-refractivity contribution in [3.05, 3.63) is 59.2 Å². The molecule has 1 fully saturated rings. The molecule has 7 heteroatoms. The molecule has 0 amide bonds. The highest BCUT2D eigenvalue weighted by Gasteiger charge is 2.20. The Balaban J connectivity index is 1.45. The number of piperidine rings is 1. The number of benzene rings is 1. The summed E-state index contributed by atoms with van der Waals surface area (Å²) in [6.45, 7) is 8.33. The first-order valence-corrected chi connectivity index (χ1v) is 11.1. The molecule has 0 saturated carbocycles. The van der Waals surface area contributed by atoms with E-state index in [2.05, 4.69) is 33.5 Å². The average Bonchev–Trinajstić information content (AvgIpc) is 2.77. The highest BCUT2D eigenvalue weighted by Crippen LogP contribution is 2.20. The zero-order chi connectivity index (χ0) is 22.1. The van der Waals surface area contributed by atoms with Gasteiger partial charge in [0.05, 0.1) is 7.11 Å². The lowest BCUT2D eigenvalue weighted by Gasteiger charge is -2.33. The molecular weight excluding hydrogens is 393 g/mol. The van der Waals surface area contributed by atoms with Gasteiger partial charge in [-0.15, -0.1) is 0 Å². The van der Waals surface area contributed by atoms with Gasteiger partial charge in [-0.3, -0.25) is 14.9 Å². The quantitative estimate of drug-likeness (QED) is 0.500. The molecule has 1 saturated heterocycles. The largest absolute Gasteiger partial charge is 0.494 e. The second-order valence-electron chi connectivity index (χ2n) is 7.98. The molecule has 2 aromatic rings. The van der Waals surface area contributed by atoms with E-state index in [0.717, 1.165) is 69.2 Å². The van der Waals surface area contributed by atoms with E-state index in [1.165, 1.54) is 12.7 Å². The number of nitrogens with zero attached hydrogens (tertiary/aromatic N) is 3. The maximum absolute atomic E-state index is 13.9. The predicted octanol–water partition coefficient (Wildman–Crippen LogP) is 3.30. The van der Waals surface area contributed by atoms with Crippen molar-refractivity contribution in [3.8, 4) is 5.75 Å². The topological polar surface area (TPSA) is 61.8 Å². The summed E-state index contributed by atoms with van der Waals surface area (Å²) in [7, 11) is 1.49. The number of hydrogen-bond donors (Lipinski definition) is 2. The molecule has 6 nitrogen and oxygen atoms in total. The Morgan fingerprint density at radius 3 is 2.65 bits per heavy atom. The van der Waals surface area contributed by atoms with Crippen LogP contribution in [0, 0.1) is 12.7 Å². The second kappa shape index (κ2) is 11.6. The number of nitrogens with one attached hydrogen (secondary N) is 2. The summed E-state index contributed by atoms with van der Waals surface area (Å²) in [4.78, 5) is 11.5. The number of rotatable bonds is 8. The molecule has 1 aliphatic rings. The van der Waals surface area contributed by atoms with Gasteiger partial charge in [0.1, 0.15) is 0 Å². The number of aliphatic imine (C=N–C) groups is 1. The minimum atomic E-state index is -0.301. The van der Waals surface area contributed by atoms with Gasteiger partial charge in [-0.2, -0.15) is 0 Å². The molecule has 0 unspecified atom stereocenters. The van der Waals surface area contributed by atoms with Crippen molar-refractivity contribution >= 4 is 5.96 Å². The monoisotopic (exact) mass is 427 g/mol. The lowest BCUT2D eigenvalue weighted by molar-refractivity contribution is 0.198. The first kappa shape index (κ1) is 23.0. The minimum Gasteiger partial charge on any atom is -0.494 e. The van der Waals surface area contributed by atoms with Crippen LogP contribution in [0.5, 0.6) is 5.75 Å². The normalized spacial score (nSPS) is 15.7. The smallest absolute Gasteiger partial charge is 0.191 e. The van der Waals surface area contributed by atoms with Gasteiger partial charge in [0.2, 0.25) is 0 Å². The number of aryl methyl sites for hydroxylation is 1. The third-order valence-electron chi connectivity index (χ3n) is 5.54. The summed E-state index contributed by atoms with van der Waals surface area (Å²) in [5.41, 5.74) is 3.21. The fourth-order valence-electron chi connectivity index (χ4n) is 3.76. The Hall–Kier alpha value is -2.67. The van der Waals surface area contributed by atoms with E-state index < -0.39 is 0 Å². The lowest BCUT2D eigenvalue weighted by atomic mass is 10.0. The number of halogens is 1. The third-order valence-corrected chi connectivity index (χ3v) is 5.54. The van der Waals surface area contributed by atoms with Crippen LogP contribution in [0.1, 0.15) is 36.6 Å². The van der Waals surface area contributed by atoms with Crippen LogP contribution in [0.4, 0.5) is 4.39 Å². The van der Waals surface area contributed by atoms with Crippen molar-refractivity contribution in [1.82, 2.24) is 20.5 Å². The average molecular weight is 428 g/mol. The summed E-state index contributed by atoms with van der Waals surface area (Å²) >= 11 is 0. The van der Waals surface area contributed by atoms with Gasteiger partial charge < -0.3 is 15.4 Å². The molecule has 0 radical (unpaired) electrons. The Kier molecular flexibility index (Phi) is 8.64. The van der Waals surface area contributed by atoms with E-state index in [1.807, 2.05) is 25.3 Å². The first-order valence-electron chi connectivity index (χ1n) is 11.1. The molecule has 1 aromatic carbocycles. The molecule has 0 aliphatic carbocycles. The van der Waals surface area contributed by atoms with Crippen LogP contribution in [0.25, 0.3) is 0 Å². The highest BCUT2D eigenvalue weighted by molar-refractivity contribution is 5.80. The van der Waals surface area contributed by atoms with Crippen molar-refractivity contribution in [3.63, 3.8) is 0 Å². The van der Waals surface area contributed by atoms with Gasteiger partial charge in [-0.1, -0.05) is 12.1 Å². The molecule has 3 rings (SSSR count). The molecule has 168 valence electrons. The summed E-state index contributed by atoms with van der Waals surface area (Å²) in [5, 5.41) is 6.93. The highest BCUT2D eigenvalue weighted by atomic mass is 19.1. The molecule has 0 bridgehead atoms. The second-order valence-corrected chi connectivity index (χ2v) is 7.98. The van der Waals surface area contributed by atoms with Crippen molar-refractivity contribution in [2.75, 3.05) is 33.3 Å². The van der Waals surface area contributed by atoms with Crippen LogP contribution in [0.2, 0.25) is 0 Å². The van der Waals surface area contributed by atoms with Crippen LogP contribution >= 0.6 is 0 Å². The Bertz CT molecular complexity index is 848. The summed E-state index contributed by atoms with van der Waals surface area (Å²) in [5.74, 6) is 0.864. The fraction of sp³-hybridized carbons (Fsp3) is 0.500. The number of hydrogen-bond acceptors (Lipinski definition) is 4. The number of guanidine groups is 1. The maximum atomic E-state index is 13.9. The molecule has 1 aliphatic heterocycles. The fourth-order valence-corrected chi connectivity index (χ4v) is 3.76. The number of likely N-dealkylation sites (tertiary alicyclic amines) is 1. The summed E-state index contributed by atoms with van der Waals surface area (Å²) in [6, 6.07) is 9.75. The minimum absolute atomic E-state index is 0.292. The number of aromatic nitrogens is 1. The standard InChI is InChI=1S/C24H34FN5O/c1-4-26-24(27-12-9-19-6-5-18(2)28-16-19)29-21-10-13-30(14-11-21)17-20-7-8-23(31-3)22(25)15-20/h5-8,15-16,21H,4,9-14,17H2,1-3H3,(H2,26,27,29). The number of methoxy groups -OCH3 is 1. The van der Waals surface area contributed by atoms with Crippen molar-refractivity contribution < 1.29 is 9.13 Å². The van der Waals surface area contributed by atoms with Gasteiger partial charge >= 0.3 is 0 Å². The van der Waals surface area contributed by atoms with Gasteiger partial charge in [0, 0.05) is 50.7 Å². The number of ether oxygens (including phenoxy) is 1. The number of pyridine rings is 1. The lowest BCUT2D eigenvalue weighted by Crippen LogP contribution is -2.48. The SMILES string of the molecule is CCNC(=NCCc1ccc(C)nc1)NC1CCN(Cc2ccc(OC)c(F)c2)CC1. The molecule has 2 N–H and O–H groups in total. The zero-order valence-electron chi connectivity index (χ0n) is 18.8. The van der Waals surface area contributed by atoms with E-state index in [0.29, 0.717) is 11.8 Å². The van der Waals surface area contributed by atoms with Crippen molar-refractivity contribution in [2.24, 2.45) is 4.99 Å². The van der Waals surface area contributed by atoms with Crippen LogP contribution in [-0.4, -0.2) is 55.2 Å². The Morgan fingerprint density at radius 1 is 1.23 bits per heavy atom. The van der Waals surface area contributed by atoms with E-state index in [-0.39, 0.29) is 5.82 Å². The first-order chi connectivity index (χ1) is 15.1. The molecule has 1 aromatic heterocycles. The van der Waals surface area contributed by atoms with Gasteiger partial charge in [-0.05, 0) is 62.4 Å². The molecule has 2 heterocycles. The third kappa shape index (κ3) is 7.21. The van der Waals surface area contributed by atoms with E-state index >= 15 is 0 Å². The Labute approximate surface area is 184 Å². The predicted molar refractivity (Wildman–Crippen MR) is 123 cm³/mol. The summed E-state index contributed by atoms with van der Waals surface area (Å²) < 4.78 is 18.9. The van der Waals surface area contributed by atoms with Crippen LogP contribution in [0.3, 0.4) is 0 Å². The van der Waals surface area contributed by atoms with Gasteiger partial charge in [-0.25, -0.2) is 4.39 Å². The van der Waals surface area contributed by atoms with Crippen molar-refractivity contribution in [2.45, 2.75) is 45.7 Å². The molecule has 0 atom stereocenters. The van der Waals surface area contributed by atoms with E-state index in [9.17, 15) is 4.39 Å².